The first-order valence-corrected chi connectivity index (χ1v) is 7.93. The SMILES string of the molecule is Cc1ccc(O)c(C)c1-c1c(N)c(C(N)=O)c2cc(C(F)(F)F)c(C)nn12. The number of fused-ring (bicyclic) bond motifs is 1. The summed E-state index contributed by atoms with van der Waals surface area (Å²) in [7, 11) is 0. The van der Waals surface area contributed by atoms with E-state index in [1.165, 1.54) is 17.5 Å². The molecule has 0 aliphatic heterocycles. The van der Waals surface area contributed by atoms with Crippen molar-refractivity contribution >= 4 is 17.1 Å². The lowest BCUT2D eigenvalue weighted by atomic mass is 9.98. The van der Waals surface area contributed by atoms with Crippen molar-refractivity contribution in [3.63, 3.8) is 0 Å². The van der Waals surface area contributed by atoms with E-state index in [4.69, 9.17) is 11.5 Å². The number of carbonyl (C=O) groups is 1. The minimum absolute atomic E-state index is 0.0193. The smallest absolute Gasteiger partial charge is 0.418 e. The van der Waals surface area contributed by atoms with Crippen molar-refractivity contribution in [1.82, 2.24) is 9.61 Å². The van der Waals surface area contributed by atoms with E-state index in [1.54, 1.807) is 19.9 Å². The summed E-state index contributed by atoms with van der Waals surface area (Å²) in [6, 6.07) is 3.95. The number of carbonyl (C=O) groups excluding carboxylic acids is 1. The third-order valence-electron chi connectivity index (χ3n) is 4.57. The molecule has 0 aliphatic rings. The lowest BCUT2D eigenvalue weighted by Gasteiger charge is -2.14. The normalized spacial score (nSPS) is 11.9. The standard InChI is InChI=1S/C18H17F3N4O2/c1-7-4-5-12(26)8(2)13(7)16-15(22)14(17(23)27)11-6-10(18(19,20)21)9(3)24-25(11)16/h4-6,26H,22H2,1-3H3,(H2,23,27). The molecular formula is C18H17F3N4O2. The van der Waals surface area contributed by atoms with Crippen LogP contribution in [0.3, 0.4) is 0 Å². The second-order valence-electron chi connectivity index (χ2n) is 6.34. The molecule has 3 rings (SSSR count). The van der Waals surface area contributed by atoms with E-state index in [2.05, 4.69) is 5.10 Å². The van der Waals surface area contributed by atoms with Gasteiger partial charge < -0.3 is 16.6 Å². The average Bonchev–Trinajstić information content (AvgIpc) is 2.82. The molecule has 27 heavy (non-hydrogen) atoms. The maximum absolute atomic E-state index is 13.3. The molecule has 1 amide bonds. The summed E-state index contributed by atoms with van der Waals surface area (Å²) in [6.07, 6.45) is -4.65. The van der Waals surface area contributed by atoms with Crippen LogP contribution in [0.15, 0.2) is 18.2 Å². The zero-order chi connectivity index (χ0) is 20.3. The van der Waals surface area contributed by atoms with Crippen molar-refractivity contribution in [3.8, 4) is 17.0 Å². The average molecular weight is 378 g/mol. The topological polar surface area (TPSA) is 107 Å². The Kier molecular flexibility index (Phi) is 4.05. The van der Waals surface area contributed by atoms with Crippen molar-refractivity contribution < 1.29 is 23.1 Å². The summed E-state index contributed by atoms with van der Waals surface area (Å²) in [6.45, 7) is 4.60. The monoisotopic (exact) mass is 378 g/mol. The molecule has 6 nitrogen and oxygen atoms in total. The Morgan fingerprint density at radius 1 is 1.22 bits per heavy atom. The number of phenols is 1. The van der Waals surface area contributed by atoms with E-state index < -0.39 is 17.6 Å². The second-order valence-corrected chi connectivity index (χ2v) is 6.34. The second kappa shape index (κ2) is 5.90. The molecule has 0 spiro atoms. The Morgan fingerprint density at radius 2 is 1.85 bits per heavy atom. The molecule has 2 aromatic heterocycles. The molecule has 0 saturated heterocycles. The van der Waals surface area contributed by atoms with Gasteiger partial charge in [-0.15, -0.1) is 0 Å². The number of nitrogen functional groups attached to an aromatic ring is 1. The lowest BCUT2D eigenvalue weighted by molar-refractivity contribution is -0.138. The Balaban J connectivity index is 2.53. The van der Waals surface area contributed by atoms with E-state index in [1.807, 2.05) is 0 Å². The number of aromatic nitrogens is 2. The number of anilines is 1. The summed E-state index contributed by atoms with van der Waals surface area (Å²) < 4.78 is 41.0. The molecule has 0 atom stereocenters. The molecule has 0 bridgehead atoms. The number of amides is 1. The molecule has 0 radical (unpaired) electrons. The van der Waals surface area contributed by atoms with Crippen LogP contribution in [0.4, 0.5) is 18.9 Å². The van der Waals surface area contributed by atoms with Crippen molar-refractivity contribution in [1.29, 1.82) is 0 Å². The quantitative estimate of drug-likeness (QED) is 0.636. The van der Waals surface area contributed by atoms with Gasteiger partial charge in [-0.05, 0) is 38.5 Å². The van der Waals surface area contributed by atoms with Crippen molar-refractivity contribution in [3.05, 3.63) is 46.1 Å². The molecule has 5 N–H and O–H groups in total. The van der Waals surface area contributed by atoms with Crippen molar-refractivity contribution in [2.45, 2.75) is 26.9 Å². The number of hydrogen-bond acceptors (Lipinski definition) is 4. The fourth-order valence-electron chi connectivity index (χ4n) is 3.27. The Bertz CT molecular complexity index is 1100. The zero-order valence-electron chi connectivity index (χ0n) is 14.8. The number of nitrogens with two attached hydrogens (primary N) is 2. The number of aryl methyl sites for hydroxylation is 2. The van der Waals surface area contributed by atoms with Gasteiger partial charge in [0.2, 0.25) is 0 Å². The first-order chi connectivity index (χ1) is 12.4. The molecular weight excluding hydrogens is 361 g/mol. The highest BCUT2D eigenvalue weighted by molar-refractivity contribution is 6.09. The molecule has 0 aliphatic carbocycles. The number of phenolic OH excluding ortho intramolecular Hbond substituents is 1. The van der Waals surface area contributed by atoms with Gasteiger partial charge in [-0.3, -0.25) is 4.79 Å². The van der Waals surface area contributed by atoms with Gasteiger partial charge in [-0.25, -0.2) is 4.52 Å². The van der Waals surface area contributed by atoms with Gasteiger partial charge in [-0.2, -0.15) is 18.3 Å². The summed E-state index contributed by atoms with van der Waals surface area (Å²) in [5.74, 6) is -0.986. The lowest BCUT2D eigenvalue weighted by Crippen LogP contribution is -2.14. The largest absolute Gasteiger partial charge is 0.508 e. The number of hydrogen-bond donors (Lipinski definition) is 3. The predicted molar refractivity (Wildman–Crippen MR) is 94.4 cm³/mol. The number of rotatable bonds is 2. The third-order valence-corrected chi connectivity index (χ3v) is 4.57. The van der Waals surface area contributed by atoms with E-state index >= 15 is 0 Å². The number of alkyl halides is 3. The minimum Gasteiger partial charge on any atom is -0.508 e. The van der Waals surface area contributed by atoms with Gasteiger partial charge in [0.25, 0.3) is 5.91 Å². The van der Waals surface area contributed by atoms with Gasteiger partial charge >= 0.3 is 6.18 Å². The van der Waals surface area contributed by atoms with Gasteiger partial charge in [0.15, 0.2) is 0 Å². The van der Waals surface area contributed by atoms with Crippen LogP contribution in [0.1, 0.15) is 32.7 Å². The van der Waals surface area contributed by atoms with E-state index in [0.717, 1.165) is 6.07 Å². The van der Waals surface area contributed by atoms with Crippen molar-refractivity contribution in [2.75, 3.05) is 5.73 Å². The van der Waals surface area contributed by atoms with E-state index in [0.29, 0.717) is 16.7 Å². The summed E-state index contributed by atoms with van der Waals surface area (Å²) in [5, 5.41) is 14.1. The highest BCUT2D eigenvalue weighted by atomic mass is 19.4. The van der Waals surface area contributed by atoms with Crippen LogP contribution in [0.5, 0.6) is 5.75 Å². The molecule has 1 aromatic carbocycles. The van der Waals surface area contributed by atoms with Crippen molar-refractivity contribution in [2.24, 2.45) is 5.73 Å². The Labute approximate surface area is 152 Å². The van der Waals surface area contributed by atoms with E-state index in [9.17, 15) is 23.1 Å². The van der Waals surface area contributed by atoms with Gasteiger partial charge in [-0.1, -0.05) is 6.07 Å². The first-order valence-electron chi connectivity index (χ1n) is 7.93. The van der Waals surface area contributed by atoms with E-state index in [-0.39, 0.29) is 33.9 Å². The maximum Gasteiger partial charge on any atom is 0.418 e. The van der Waals surface area contributed by atoms with Gasteiger partial charge in [0.1, 0.15) is 5.75 Å². The first kappa shape index (κ1) is 18.6. The molecule has 3 aromatic rings. The van der Waals surface area contributed by atoms with Crippen LogP contribution in [-0.2, 0) is 6.18 Å². The fraction of sp³-hybridized carbons (Fsp3) is 0.222. The highest BCUT2D eigenvalue weighted by Gasteiger charge is 2.35. The van der Waals surface area contributed by atoms with Crippen LogP contribution in [0.25, 0.3) is 16.8 Å². The predicted octanol–water partition coefficient (Wildman–Crippen LogP) is 3.33. The molecule has 9 heteroatoms. The summed E-state index contributed by atoms with van der Waals surface area (Å²) in [5.41, 5.74) is 11.6. The Hall–Kier alpha value is -3.23. The van der Waals surface area contributed by atoms with Crippen LogP contribution in [0.2, 0.25) is 0 Å². The molecule has 142 valence electrons. The number of primary amides is 1. The Morgan fingerprint density at radius 3 is 2.41 bits per heavy atom. The summed E-state index contributed by atoms with van der Waals surface area (Å²) in [4.78, 5) is 11.9. The molecule has 0 fully saturated rings. The third kappa shape index (κ3) is 2.75. The maximum atomic E-state index is 13.3. The number of halogens is 3. The number of aromatic hydroxyl groups is 1. The van der Waals surface area contributed by atoms with Crippen LogP contribution >= 0.6 is 0 Å². The highest BCUT2D eigenvalue weighted by Crippen LogP contribution is 2.41. The number of nitrogens with zero attached hydrogens (tertiary/aromatic N) is 2. The summed E-state index contributed by atoms with van der Waals surface area (Å²) >= 11 is 0. The fourth-order valence-corrected chi connectivity index (χ4v) is 3.27. The van der Waals surface area contributed by atoms with Crippen LogP contribution < -0.4 is 11.5 Å². The van der Waals surface area contributed by atoms with Gasteiger partial charge in [0.05, 0.1) is 33.7 Å². The minimum atomic E-state index is -4.65. The van der Waals surface area contributed by atoms with Gasteiger partial charge in [0, 0.05) is 11.1 Å². The molecule has 0 saturated carbocycles. The zero-order valence-corrected chi connectivity index (χ0v) is 14.8. The van der Waals surface area contributed by atoms with Crippen LogP contribution in [0, 0.1) is 20.8 Å². The number of benzene rings is 1. The molecule has 2 heterocycles. The van der Waals surface area contributed by atoms with Crippen LogP contribution in [-0.4, -0.2) is 20.6 Å². The molecule has 0 unspecified atom stereocenters.